The molecule has 118 valence electrons. The van der Waals surface area contributed by atoms with Gasteiger partial charge in [-0.15, -0.1) is 12.6 Å². The van der Waals surface area contributed by atoms with Crippen LogP contribution in [0.3, 0.4) is 0 Å². The fourth-order valence-corrected chi connectivity index (χ4v) is 5.07. The molecule has 22 heavy (non-hydrogen) atoms. The molecule has 0 radical (unpaired) electrons. The van der Waals surface area contributed by atoms with Gasteiger partial charge in [-0.05, 0) is 29.2 Å². The summed E-state index contributed by atoms with van der Waals surface area (Å²) < 4.78 is 17.1. The number of hydrogen-bond donors (Lipinski definition) is 1. The minimum atomic E-state index is -2.93. The summed E-state index contributed by atoms with van der Waals surface area (Å²) in [5.74, 6) is 0. The van der Waals surface area contributed by atoms with E-state index in [-0.39, 0.29) is 0 Å². The molecule has 0 atom stereocenters. The predicted octanol–water partition coefficient (Wildman–Crippen LogP) is 3.29. The summed E-state index contributed by atoms with van der Waals surface area (Å²) >= 11 is 4.62. The smallest absolute Gasteiger partial charge is 0.373 e. The lowest BCUT2D eigenvalue weighted by Crippen LogP contribution is -2.55. The van der Waals surface area contributed by atoms with Crippen molar-refractivity contribution in [3.63, 3.8) is 0 Å². The van der Waals surface area contributed by atoms with Gasteiger partial charge in [0.25, 0.3) is 0 Å². The zero-order valence-electron chi connectivity index (χ0n) is 13.4. The number of benzene rings is 2. The molecule has 0 heterocycles. The molecule has 0 unspecified atom stereocenters. The van der Waals surface area contributed by atoms with Crippen LogP contribution in [-0.2, 0) is 19.7 Å². The first kappa shape index (κ1) is 17.2. The Morgan fingerprint density at radius 2 is 1.55 bits per heavy atom. The second-order valence-corrected chi connectivity index (χ2v) is 8.24. The van der Waals surface area contributed by atoms with Gasteiger partial charge in [-0.25, -0.2) is 0 Å². The molecule has 0 aliphatic heterocycles. The van der Waals surface area contributed by atoms with Crippen LogP contribution in [-0.4, -0.2) is 30.1 Å². The van der Waals surface area contributed by atoms with Crippen LogP contribution in [0, 0.1) is 0 Å². The summed E-state index contributed by atoms with van der Waals surface area (Å²) in [5, 5.41) is 0.973. The lowest BCUT2D eigenvalue weighted by Gasteiger charge is -2.28. The molecule has 0 bridgehead atoms. The van der Waals surface area contributed by atoms with Crippen molar-refractivity contribution in [3.8, 4) is 11.1 Å². The maximum atomic E-state index is 5.69. The fourth-order valence-electron chi connectivity index (χ4n) is 2.73. The van der Waals surface area contributed by atoms with E-state index in [0.29, 0.717) is 0 Å². The predicted molar refractivity (Wildman–Crippen MR) is 94.9 cm³/mol. The Bertz CT molecular complexity index is 633. The Morgan fingerprint density at radius 3 is 2.09 bits per heavy atom. The molecule has 0 saturated carbocycles. The first-order chi connectivity index (χ1) is 10.6. The van der Waals surface area contributed by atoms with Crippen LogP contribution in [0.5, 0.6) is 0 Å². The van der Waals surface area contributed by atoms with Crippen molar-refractivity contribution in [2.75, 3.05) is 21.3 Å². The number of hydrogen-bond acceptors (Lipinski definition) is 4. The average Bonchev–Trinajstić information content (AvgIpc) is 2.57. The molecule has 0 aliphatic carbocycles. The summed E-state index contributed by atoms with van der Waals surface area (Å²) in [7, 11) is 1.97. The topological polar surface area (TPSA) is 27.7 Å². The number of rotatable bonds is 6. The summed E-state index contributed by atoms with van der Waals surface area (Å²) in [6.07, 6.45) is 0.910. The molecule has 0 fully saturated rings. The molecule has 5 heteroatoms. The van der Waals surface area contributed by atoms with E-state index >= 15 is 0 Å². The van der Waals surface area contributed by atoms with Crippen molar-refractivity contribution in [3.05, 3.63) is 48.0 Å². The van der Waals surface area contributed by atoms with Gasteiger partial charge in [0.2, 0.25) is 0 Å². The van der Waals surface area contributed by atoms with Gasteiger partial charge in [-0.2, -0.15) is 0 Å². The van der Waals surface area contributed by atoms with E-state index in [2.05, 4.69) is 31.7 Å². The van der Waals surface area contributed by atoms with E-state index in [9.17, 15) is 0 Å². The molecule has 0 spiro atoms. The Morgan fingerprint density at radius 1 is 0.909 bits per heavy atom. The van der Waals surface area contributed by atoms with Crippen LogP contribution in [0.4, 0.5) is 0 Å². The minimum absolute atomic E-state index is 0.910. The SMILES string of the molecule is CCc1cccc([Si](OC)(OC)OC)c1-c1ccccc1S. The molecule has 2 aromatic rings. The Hall–Kier alpha value is -1.11. The highest BCUT2D eigenvalue weighted by Gasteiger charge is 2.43. The van der Waals surface area contributed by atoms with Gasteiger partial charge >= 0.3 is 8.80 Å². The molecular weight excluding hydrogens is 312 g/mol. The second kappa shape index (κ2) is 7.44. The summed E-state index contributed by atoms with van der Waals surface area (Å²) in [5.41, 5.74) is 3.40. The van der Waals surface area contributed by atoms with Crippen molar-refractivity contribution >= 4 is 26.6 Å². The molecular formula is C17H22O3SSi. The maximum absolute atomic E-state index is 5.69. The first-order valence-corrected chi connectivity index (χ1v) is 9.36. The van der Waals surface area contributed by atoms with Crippen molar-refractivity contribution in [1.82, 2.24) is 0 Å². The van der Waals surface area contributed by atoms with Crippen molar-refractivity contribution in [2.45, 2.75) is 18.2 Å². The minimum Gasteiger partial charge on any atom is -0.373 e. The summed E-state index contributed by atoms with van der Waals surface area (Å²) in [6, 6.07) is 14.2. The van der Waals surface area contributed by atoms with E-state index in [4.69, 9.17) is 13.3 Å². The zero-order valence-corrected chi connectivity index (χ0v) is 15.3. The van der Waals surface area contributed by atoms with E-state index in [1.165, 1.54) is 5.56 Å². The van der Waals surface area contributed by atoms with Gasteiger partial charge in [0.1, 0.15) is 0 Å². The van der Waals surface area contributed by atoms with Crippen molar-refractivity contribution < 1.29 is 13.3 Å². The summed E-state index contributed by atoms with van der Waals surface area (Å²) in [6.45, 7) is 2.14. The molecule has 3 nitrogen and oxygen atoms in total. The van der Waals surface area contributed by atoms with E-state index in [0.717, 1.165) is 27.6 Å². The maximum Gasteiger partial charge on any atom is 0.537 e. The highest BCUT2D eigenvalue weighted by Crippen LogP contribution is 2.30. The average molecular weight is 335 g/mol. The largest absolute Gasteiger partial charge is 0.537 e. The third-order valence-electron chi connectivity index (χ3n) is 3.84. The van der Waals surface area contributed by atoms with Crippen LogP contribution in [0.2, 0.25) is 0 Å². The van der Waals surface area contributed by atoms with Gasteiger partial charge in [0, 0.05) is 31.4 Å². The molecule has 0 N–H and O–H groups in total. The third kappa shape index (κ3) is 3.00. The van der Waals surface area contributed by atoms with Gasteiger partial charge in [0.15, 0.2) is 0 Å². The second-order valence-electron chi connectivity index (χ2n) is 4.88. The third-order valence-corrected chi connectivity index (χ3v) is 6.92. The van der Waals surface area contributed by atoms with E-state index in [1.54, 1.807) is 21.3 Å². The Labute approximate surface area is 139 Å². The molecule has 0 aliphatic rings. The standard InChI is InChI=1S/C17H22O3SSi/c1-5-13-9-8-12-16(22(18-2,19-3)20-4)17(13)14-10-6-7-11-15(14)21/h6-12,21H,5H2,1-4H3. The van der Waals surface area contributed by atoms with E-state index in [1.807, 2.05) is 30.3 Å². The molecule has 2 rings (SSSR count). The van der Waals surface area contributed by atoms with Crippen LogP contribution in [0.15, 0.2) is 47.4 Å². The van der Waals surface area contributed by atoms with Gasteiger partial charge in [-0.1, -0.05) is 43.3 Å². The normalized spacial score (nSPS) is 11.7. The molecule has 2 aromatic carbocycles. The lowest BCUT2D eigenvalue weighted by molar-refractivity contribution is 0.140. The first-order valence-electron chi connectivity index (χ1n) is 7.19. The Kier molecular flexibility index (Phi) is 5.83. The van der Waals surface area contributed by atoms with Crippen molar-refractivity contribution in [1.29, 1.82) is 0 Å². The number of thiol groups is 1. The van der Waals surface area contributed by atoms with Gasteiger partial charge in [-0.3, -0.25) is 0 Å². The van der Waals surface area contributed by atoms with E-state index < -0.39 is 8.80 Å². The van der Waals surface area contributed by atoms with Crippen LogP contribution >= 0.6 is 12.6 Å². The quantitative estimate of drug-likeness (QED) is 0.649. The lowest BCUT2D eigenvalue weighted by atomic mass is 9.98. The monoisotopic (exact) mass is 334 g/mol. The number of aryl methyl sites for hydroxylation is 1. The zero-order chi connectivity index (χ0) is 16.2. The highest BCUT2D eigenvalue weighted by molar-refractivity contribution is 7.80. The summed E-state index contributed by atoms with van der Waals surface area (Å²) in [4.78, 5) is 0.927. The molecule has 0 amide bonds. The molecule has 0 aromatic heterocycles. The highest BCUT2D eigenvalue weighted by atomic mass is 32.1. The molecule has 0 saturated heterocycles. The van der Waals surface area contributed by atoms with Gasteiger partial charge in [0.05, 0.1) is 0 Å². The Balaban J connectivity index is 2.79. The fraction of sp³-hybridized carbons (Fsp3) is 0.294. The van der Waals surface area contributed by atoms with Crippen molar-refractivity contribution in [2.24, 2.45) is 0 Å². The van der Waals surface area contributed by atoms with Crippen LogP contribution in [0.1, 0.15) is 12.5 Å². The van der Waals surface area contributed by atoms with Crippen LogP contribution in [0.25, 0.3) is 11.1 Å². The van der Waals surface area contributed by atoms with Gasteiger partial charge < -0.3 is 13.3 Å². The van der Waals surface area contributed by atoms with Crippen LogP contribution < -0.4 is 5.19 Å².